The van der Waals surface area contributed by atoms with E-state index in [4.69, 9.17) is 20.9 Å². The maximum Gasteiger partial charge on any atom is 0.201 e. The van der Waals surface area contributed by atoms with Crippen LogP contribution < -0.4 is 20.9 Å². The van der Waals surface area contributed by atoms with Gasteiger partial charge in [0.25, 0.3) is 0 Å². The smallest absolute Gasteiger partial charge is 0.201 e. The summed E-state index contributed by atoms with van der Waals surface area (Å²) in [4.78, 5) is 0. The number of methoxy groups -OCH3 is 1. The van der Waals surface area contributed by atoms with E-state index in [0.29, 0.717) is 5.69 Å². The van der Waals surface area contributed by atoms with Crippen LogP contribution in [0.1, 0.15) is 0 Å². The Bertz CT molecular complexity index is 1290. The van der Waals surface area contributed by atoms with Gasteiger partial charge in [0.1, 0.15) is 0 Å². The Morgan fingerprint density at radius 2 is 1.21 bits per heavy atom. The summed E-state index contributed by atoms with van der Waals surface area (Å²) in [5.41, 5.74) is 11.9. The van der Waals surface area contributed by atoms with Crippen molar-refractivity contribution in [3.8, 4) is 17.2 Å². The Morgan fingerprint density at radius 1 is 0.655 bits per heavy atom. The number of hydrogen-bond donors (Lipinski definition) is 2. The summed E-state index contributed by atoms with van der Waals surface area (Å²) in [6.07, 6.45) is 0. The highest BCUT2D eigenvalue weighted by Crippen LogP contribution is 2.39. The van der Waals surface area contributed by atoms with Gasteiger partial charge in [-0.05, 0) is 41.1 Å². The first kappa shape index (κ1) is 18.7. The third kappa shape index (κ3) is 2.93. The minimum Gasteiger partial charge on any atom is -0.494 e. The van der Waals surface area contributed by atoms with Crippen LogP contribution in [0.4, 0.5) is 28.9 Å². The fourth-order valence-corrected chi connectivity index (χ4v) is 3.19. The normalized spacial score (nSPS) is 11.2. The van der Waals surface area contributed by atoms with Crippen molar-refractivity contribution in [1.82, 2.24) is 0 Å². The van der Waals surface area contributed by atoms with Crippen molar-refractivity contribution < 1.29 is 27.0 Å². The van der Waals surface area contributed by atoms with Crippen LogP contribution in [-0.4, -0.2) is 7.11 Å². The van der Waals surface area contributed by atoms with Gasteiger partial charge in [0, 0.05) is 16.5 Å². The Balaban J connectivity index is 1.96. The molecular weight excluding hydrogens is 388 g/mol. The molecule has 0 saturated heterocycles. The fourth-order valence-electron chi connectivity index (χ4n) is 3.19. The molecule has 0 aliphatic heterocycles. The molecule has 8 heteroatoms. The highest BCUT2D eigenvalue weighted by Gasteiger charge is 2.22. The van der Waals surface area contributed by atoms with Crippen LogP contribution in [-0.2, 0) is 0 Å². The summed E-state index contributed by atoms with van der Waals surface area (Å²) in [6.45, 7) is 0. The van der Waals surface area contributed by atoms with Crippen molar-refractivity contribution in [3.05, 3.63) is 65.7 Å². The van der Waals surface area contributed by atoms with E-state index in [9.17, 15) is 17.6 Å². The Hall–Kier alpha value is -3.68. The largest absolute Gasteiger partial charge is 0.494 e. The second kappa shape index (κ2) is 6.73. The lowest BCUT2D eigenvalue weighted by atomic mass is 10.00. The molecule has 4 N–H and O–H groups in total. The highest BCUT2D eigenvalue weighted by atomic mass is 19.2. The van der Waals surface area contributed by atoms with Crippen LogP contribution in [0.25, 0.3) is 21.5 Å². The predicted octanol–water partition coefficient (Wildman–Crippen LogP) is 5.51. The van der Waals surface area contributed by atoms with Crippen LogP contribution >= 0.6 is 0 Å². The molecule has 0 saturated carbocycles. The number of rotatable bonds is 3. The second-order valence-corrected chi connectivity index (χ2v) is 6.37. The molecule has 4 nitrogen and oxygen atoms in total. The first-order valence-electron chi connectivity index (χ1n) is 8.41. The molecule has 0 unspecified atom stereocenters. The zero-order valence-electron chi connectivity index (χ0n) is 15.0. The van der Waals surface area contributed by atoms with Crippen LogP contribution in [0.5, 0.6) is 17.2 Å². The summed E-state index contributed by atoms with van der Waals surface area (Å²) >= 11 is 0. The maximum atomic E-state index is 14.9. The van der Waals surface area contributed by atoms with E-state index in [1.54, 1.807) is 0 Å². The minimum atomic E-state index is -1.37. The Labute approximate surface area is 162 Å². The first-order chi connectivity index (χ1) is 13.8. The Kier molecular flexibility index (Phi) is 4.34. The topological polar surface area (TPSA) is 70.5 Å². The van der Waals surface area contributed by atoms with E-state index in [1.807, 2.05) is 0 Å². The third-order valence-electron chi connectivity index (χ3n) is 4.57. The molecule has 4 rings (SSSR count). The standard InChI is InChI=1S/C21H14F4N2O2/c1-28-14-6-9-2-3-10-7-15(29-13-5-4-11(26)8-12(13)27)19(23)21(25)17(10)16(9)20(24)18(14)22/h2-8H,26-27H2,1H3. The number of nitrogen functional groups attached to an aromatic ring is 2. The van der Waals surface area contributed by atoms with Crippen molar-refractivity contribution in [1.29, 1.82) is 0 Å². The molecular formula is C21H14F4N2O2. The molecule has 4 aromatic rings. The molecule has 0 atom stereocenters. The SMILES string of the molecule is COc1cc2ccc3cc(Oc4ccc(N)cc4N)c(F)c(F)c3c2c(F)c1F. The monoisotopic (exact) mass is 402 g/mol. The lowest BCUT2D eigenvalue weighted by Crippen LogP contribution is -1.99. The minimum absolute atomic E-state index is 0.0691. The Morgan fingerprint density at radius 3 is 1.76 bits per heavy atom. The number of nitrogens with two attached hydrogens (primary N) is 2. The van der Waals surface area contributed by atoms with Gasteiger partial charge in [-0.2, -0.15) is 8.78 Å². The summed E-state index contributed by atoms with van der Waals surface area (Å²) in [5.74, 6) is -6.09. The first-order valence-corrected chi connectivity index (χ1v) is 8.41. The summed E-state index contributed by atoms with van der Waals surface area (Å²) < 4.78 is 68.6. The molecule has 0 aliphatic carbocycles. The van der Waals surface area contributed by atoms with Gasteiger partial charge < -0.3 is 20.9 Å². The molecule has 0 spiro atoms. The van der Waals surface area contributed by atoms with Crippen molar-refractivity contribution in [2.45, 2.75) is 0 Å². The highest BCUT2D eigenvalue weighted by molar-refractivity contribution is 6.09. The number of ether oxygens (including phenoxy) is 2. The van der Waals surface area contributed by atoms with Crippen LogP contribution in [0.3, 0.4) is 0 Å². The lowest BCUT2D eigenvalue weighted by Gasteiger charge is -2.14. The summed E-state index contributed by atoms with van der Waals surface area (Å²) in [5, 5.41) is -0.528. The molecule has 0 aliphatic rings. The van der Waals surface area contributed by atoms with Gasteiger partial charge in [0.15, 0.2) is 28.9 Å². The van der Waals surface area contributed by atoms with Gasteiger partial charge in [0.05, 0.1) is 12.8 Å². The lowest BCUT2D eigenvalue weighted by molar-refractivity contribution is 0.374. The molecule has 4 aromatic carbocycles. The van der Waals surface area contributed by atoms with Gasteiger partial charge in [-0.3, -0.25) is 0 Å². The number of fused-ring (bicyclic) bond motifs is 3. The average molecular weight is 402 g/mol. The average Bonchev–Trinajstić information content (AvgIpc) is 2.70. The van der Waals surface area contributed by atoms with E-state index in [1.165, 1.54) is 49.6 Å². The molecule has 148 valence electrons. The molecule has 0 radical (unpaired) electrons. The fraction of sp³-hybridized carbons (Fsp3) is 0.0476. The summed E-state index contributed by atoms with van der Waals surface area (Å²) in [6, 6.07) is 9.59. The van der Waals surface area contributed by atoms with E-state index in [2.05, 4.69) is 0 Å². The molecule has 0 fully saturated rings. The second-order valence-electron chi connectivity index (χ2n) is 6.37. The van der Waals surface area contributed by atoms with Gasteiger partial charge >= 0.3 is 0 Å². The maximum absolute atomic E-state index is 14.9. The van der Waals surface area contributed by atoms with E-state index >= 15 is 0 Å². The van der Waals surface area contributed by atoms with E-state index in [-0.39, 0.29) is 28.0 Å². The molecule has 0 heterocycles. The van der Waals surface area contributed by atoms with Crippen LogP contribution in [0.15, 0.2) is 42.5 Å². The molecule has 29 heavy (non-hydrogen) atoms. The quantitative estimate of drug-likeness (QED) is 0.269. The number of halogens is 4. The van der Waals surface area contributed by atoms with E-state index in [0.717, 1.165) is 0 Å². The molecule has 0 aromatic heterocycles. The summed E-state index contributed by atoms with van der Waals surface area (Å²) in [7, 11) is 1.18. The van der Waals surface area contributed by atoms with Crippen molar-refractivity contribution in [3.63, 3.8) is 0 Å². The molecule has 0 amide bonds. The number of anilines is 2. The van der Waals surface area contributed by atoms with Crippen molar-refractivity contribution >= 4 is 32.9 Å². The van der Waals surface area contributed by atoms with Crippen molar-refractivity contribution in [2.24, 2.45) is 0 Å². The van der Waals surface area contributed by atoms with Gasteiger partial charge in [-0.15, -0.1) is 0 Å². The van der Waals surface area contributed by atoms with Gasteiger partial charge in [-0.1, -0.05) is 12.1 Å². The zero-order chi connectivity index (χ0) is 20.9. The van der Waals surface area contributed by atoms with E-state index < -0.39 is 39.8 Å². The third-order valence-corrected chi connectivity index (χ3v) is 4.57. The number of benzene rings is 4. The van der Waals surface area contributed by atoms with Crippen LogP contribution in [0.2, 0.25) is 0 Å². The zero-order valence-corrected chi connectivity index (χ0v) is 15.0. The van der Waals surface area contributed by atoms with Crippen LogP contribution in [0, 0.1) is 23.3 Å². The van der Waals surface area contributed by atoms with Crippen molar-refractivity contribution in [2.75, 3.05) is 18.6 Å². The van der Waals surface area contributed by atoms with Gasteiger partial charge in [0.2, 0.25) is 11.6 Å². The molecule has 0 bridgehead atoms. The van der Waals surface area contributed by atoms with Gasteiger partial charge in [-0.25, -0.2) is 8.78 Å². The number of hydrogen-bond acceptors (Lipinski definition) is 4. The predicted molar refractivity (Wildman–Crippen MR) is 103 cm³/mol.